The first-order valence-electron chi connectivity index (χ1n) is 5.96. The Morgan fingerprint density at radius 3 is 2.75 bits per heavy atom. The smallest absolute Gasteiger partial charge is 0.337 e. The largest absolute Gasteiger partial charge is 0.465 e. The summed E-state index contributed by atoms with van der Waals surface area (Å²) in [5.41, 5.74) is 2.69. The van der Waals surface area contributed by atoms with Crippen LogP contribution in [-0.4, -0.2) is 13.1 Å². The van der Waals surface area contributed by atoms with Crippen molar-refractivity contribution >= 4 is 50.2 Å². The Morgan fingerprint density at radius 2 is 2.10 bits per heavy atom. The summed E-state index contributed by atoms with van der Waals surface area (Å²) in [5, 5.41) is 3.35. The van der Waals surface area contributed by atoms with Crippen molar-refractivity contribution in [2.24, 2.45) is 0 Å². The first-order chi connectivity index (χ1) is 9.60. The summed E-state index contributed by atoms with van der Waals surface area (Å²) in [4.78, 5) is 11.4. The SMILES string of the molecule is COC(=O)c1ccc(CNc2cccc(I)c2)c(Br)c1. The summed E-state index contributed by atoms with van der Waals surface area (Å²) in [6.07, 6.45) is 0. The highest BCUT2D eigenvalue weighted by molar-refractivity contribution is 14.1. The van der Waals surface area contributed by atoms with Crippen LogP contribution in [0.3, 0.4) is 0 Å². The lowest BCUT2D eigenvalue weighted by molar-refractivity contribution is 0.0600. The lowest BCUT2D eigenvalue weighted by atomic mass is 10.1. The highest BCUT2D eigenvalue weighted by Crippen LogP contribution is 2.21. The predicted molar refractivity (Wildman–Crippen MR) is 92.0 cm³/mol. The van der Waals surface area contributed by atoms with E-state index < -0.39 is 0 Å². The Labute approximate surface area is 140 Å². The van der Waals surface area contributed by atoms with Crippen molar-refractivity contribution in [3.05, 3.63) is 61.6 Å². The number of ether oxygens (including phenoxy) is 1. The van der Waals surface area contributed by atoms with Gasteiger partial charge in [-0.2, -0.15) is 0 Å². The van der Waals surface area contributed by atoms with E-state index in [0.29, 0.717) is 12.1 Å². The molecule has 104 valence electrons. The normalized spacial score (nSPS) is 10.2. The van der Waals surface area contributed by atoms with E-state index in [1.54, 1.807) is 12.1 Å². The number of anilines is 1. The summed E-state index contributed by atoms with van der Waals surface area (Å²) in [7, 11) is 1.38. The number of carbonyl (C=O) groups excluding carboxylic acids is 1. The molecule has 0 aliphatic rings. The first kappa shape index (κ1) is 15.3. The lowest BCUT2D eigenvalue weighted by Gasteiger charge is -2.09. The van der Waals surface area contributed by atoms with Gasteiger partial charge in [-0.15, -0.1) is 0 Å². The van der Waals surface area contributed by atoms with Gasteiger partial charge in [-0.3, -0.25) is 0 Å². The molecular formula is C15H13BrINO2. The zero-order valence-electron chi connectivity index (χ0n) is 10.8. The molecule has 2 rings (SSSR count). The molecule has 0 aromatic heterocycles. The Hall–Kier alpha value is -1.08. The van der Waals surface area contributed by atoms with Gasteiger partial charge in [0.25, 0.3) is 0 Å². The molecule has 0 fully saturated rings. The maximum Gasteiger partial charge on any atom is 0.337 e. The number of hydrogen-bond donors (Lipinski definition) is 1. The van der Waals surface area contributed by atoms with Gasteiger partial charge in [-0.25, -0.2) is 4.79 Å². The van der Waals surface area contributed by atoms with Crippen LogP contribution in [0.25, 0.3) is 0 Å². The lowest BCUT2D eigenvalue weighted by Crippen LogP contribution is -2.04. The standard InChI is InChI=1S/C15H13BrINO2/c1-20-15(19)10-5-6-11(14(16)7-10)9-18-13-4-2-3-12(17)8-13/h2-8,18H,9H2,1H3. The molecule has 0 saturated carbocycles. The second kappa shape index (κ2) is 7.08. The molecule has 5 heteroatoms. The van der Waals surface area contributed by atoms with E-state index in [1.807, 2.05) is 24.3 Å². The second-order valence-corrected chi connectivity index (χ2v) is 6.26. The summed E-state index contributed by atoms with van der Waals surface area (Å²) in [6, 6.07) is 13.6. The van der Waals surface area contributed by atoms with Gasteiger partial charge in [0.2, 0.25) is 0 Å². The molecule has 0 unspecified atom stereocenters. The molecule has 0 aliphatic heterocycles. The molecule has 0 bridgehead atoms. The van der Waals surface area contributed by atoms with Crippen molar-refractivity contribution < 1.29 is 9.53 Å². The fourth-order valence-corrected chi connectivity index (χ4v) is 2.79. The van der Waals surface area contributed by atoms with Crippen LogP contribution in [0.2, 0.25) is 0 Å². The molecule has 20 heavy (non-hydrogen) atoms. The van der Waals surface area contributed by atoms with Crippen LogP contribution in [0.4, 0.5) is 5.69 Å². The van der Waals surface area contributed by atoms with Crippen molar-refractivity contribution in [2.45, 2.75) is 6.54 Å². The van der Waals surface area contributed by atoms with Gasteiger partial charge in [0, 0.05) is 20.3 Å². The van der Waals surface area contributed by atoms with E-state index in [0.717, 1.165) is 15.7 Å². The van der Waals surface area contributed by atoms with Gasteiger partial charge in [0.1, 0.15) is 0 Å². The van der Waals surface area contributed by atoms with Crippen LogP contribution in [-0.2, 0) is 11.3 Å². The van der Waals surface area contributed by atoms with E-state index in [9.17, 15) is 4.79 Å². The zero-order valence-corrected chi connectivity index (χ0v) is 14.6. The van der Waals surface area contributed by atoms with E-state index in [-0.39, 0.29) is 5.97 Å². The van der Waals surface area contributed by atoms with Crippen molar-refractivity contribution in [2.75, 3.05) is 12.4 Å². The van der Waals surface area contributed by atoms with E-state index in [1.165, 1.54) is 10.7 Å². The molecule has 1 N–H and O–H groups in total. The first-order valence-corrected chi connectivity index (χ1v) is 7.83. The summed E-state index contributed by atoms with van der Waals surface area (Å²) < 4.78 is 6.77. The topological polar surface area (TPSA) is 38.3 Å². The third kappa shape index (κ3) is 3.96. The number of hydrogen-bond acceptors (Lipinski definition) is 3. The Kier molecular flexibility index (Phi) is 5.42. The Morgan fingerprint density at radius 1 is 1.30 bits per heavy atom. The van der Waals surface area contributed by atoms with Crippen molar-refractivity contribution in [3.8, 4) is 0 Å². The monoisotopic (exact) mass is 445 g/mol. The maximum absolute atomic E-state index is 11.4. The van der Waals surface area contributed by atoms with E-state index >= 15 is 0 Å². The third-order valence-electron chi connectivity index (χ3n) is 2.78. The molecular weight excluding hydrogens is 433 g/mol. The minimum Gasteiger partial charge on any atom is -0.465 e. The number of esters is 1. The minimum absolute atomic E-state index is 0.331. The van der Waals surface area contributed by atoms with Crippen LogP contribution in [0.15, 0.2) is 46.9 Å². The summed E-state index contributed by atoms with van der Waals surface area (Å²) >= 11 is 5.76. The molecule has 0 atom stereocenters. The summed E-state index contributed by atoms with van der Waals surface area (Å²) in [5.74, 6) is -0.331. The number of carbonyl (C=O) groups is 1. The van der Waals surface area contributed by atoms with Crippen molar-refractivity contribution in [1.29, 1.82) is 0 Å². The molecule has 0 amide bonds. The minimum atomic E-state index is -0.331. The number of benzene rings is 2. The van der Waals surface area contributed by atoms with Crippen LogP contribution in [0.1, 0.15) is 15.9 Å². The molecule has 2 aromatic rings. The molecule has 0 spiro atoms. The Bertz CT molecular complexity index is 631. The average molecular weight is 446 g/mol. The van der Waals surface area contributed by atoms with Gasteiger partial charge >= 0.3 is 5.97 Å². The van der Waals surface area contributed by atoms with Crippen LogP contribution < -0.4 is 5.32 Å². The molecule has 0 aliphatic carbocycles. The number of nitrogens with one attached hydrogen (secondary N) is 1. The van der Waals surface area contributed by atoms with Crippen LogP contribution in [0.5, 0.6) is 0 Å². The van der Waals surface area contributed by atoms with E-state index in [4.69, 9.17) is 4.74 Å². The van der Waals surface area contributed by atoms with Crippen LogP contribution >= 0.6 is 38.5 Å². The van der Waals surface area contributed by atoms with Crippen molar-refractivity contribution in [3.63, 3.8) is 0 Å². The van der Waals surface area contributed by atoms with E-state index in [2.05, 4.69) is 49.9 Å². The third-order valence-corrected chi connectivity index (χ3v) is 4.19. The Balaban J connectivity index is 2.08. The van der Waals surface area contributed by atoms with Crippen LogP contribution in [0, 0.1) is 3.57 Å². The quantitative estimate of drug-likeness (QED) is 0.558. The van der Waals surface area contributed by atoms with Crippen molar-refractivity contribution in [1.82, 2.24) is 0 Å². The number of rotatable bonds is 4. The number of halogens is 2. The molecule has 0 saturated heterocycles. The zero-order chi connectivity index (χ0) is 14.5. The van der Waals surface area contributed by atoms with Gasteiger partial charge in [0.05, 0.1) is 12.7 Å². The average Bonchev–Trinajstić information content (AvgIpc) is 2.45. The fourth-order valence-electron chi connectivity index (χ4n) is 1.73. The molecule has 3 nitrogen and oxygen atoms in total. The maximum atomic E-state index is 11.4. The molecule has 0 radical (unpaired) electrons. The molecule has 0 heterocycles. The second-order valence-electron chi connectivity index (χ2n) is 4.16. The molecule has 2 aromatic carbocycles. The van der Waals surface area contributed by atoms with Gasteiger partial charge < -0.3 is 10.1 Å². The highest BCUT2D eigenvalue weighted by atomic mass is 127. The van der Waals surface area contributed by atoms with Gasteiger partial charge in [-0.1, -0.05) is 28.1 Å². The number of methoxy groups -OCH3 is 1. The predicted octanol–water partition coefficient (Wildman–Crippen LogP) is 4.45. The summed E-state index contributed by atoms with van der Waals surface area (Å²) in [6.45, 7) is 0.683. The van der Waals surface area contributed by atoms with Gasteiger partial charge in [0.15, 0.2) is 0 Å². The highest BCUT2D eigenvalue weighted by Gasteiger charge is 2.08. The fraction of sp³-hybridized carbons (Fsp3) is 0.133. The van der Waals surface area contributed by atoms with Gasteiger partial charge in [-0.05, 0) is 58.5 Å².